The molecule has 0 aliphatic carbocycles. The molecule has 0 fully saturated rings. The summed E-state index contributed by atoms with van der Waals surface area (Å²) in [6, 6.07) is 14.1. The molecule has 3 nitrogen and oxygen atoms in total. The molecule has 0 N–H and O–H groups in total. The van der Waals surface area contributed by atoms with Gasteiger partial charge in [0.25, 0.3) is 0 Å². The second-order valence-electron chi connectivity index (χ2n) is 4.00. The van der Waals surface area contributed by atoms with Gasteiger partial charge in [0.05, 0.1) is 21.2 Å². The number of hydrogen-bond donors (Lipinski definition) is 0. The zero-order valence-electron chi connectivity index (χ0n) is 9.29. The average Bonchev–Trinajstić information content (AvgIpc) is 2.37. The molecule has 0 unspecified atom stereocenters. The minimum absolute atomic E-state index is 0.376. The van der Waals surface area contributed by atoms with E-state index in [2.05, 4.69) is 0 Å². The van der Waals surface area contributed by atoms with Crippen LogP contribution in [0, 0.1) is 0 Å². The molecule has 2 aromatic carbocycles. The largest absolute Gasteiger partial charge is 0.342 e. The maximum absolute atomic E-state index is 12.4. The third-order valence-electron chi connectivity index (χ3n) is 3.03. The van der Waals surface area contributed by atoms with Crippen LogP contribution < -0.4 is 4.90 Å². The van der Waals surface area contributed by atoms with Gasteiger partial charge >= 0.3 is 0 Å². The maximum Gasteiger partial charge on any atom is 0.210 e. The Hall–Kier alpha value is -1.81. The van der Waals surface area contributed by atoms with Crippen molar-refractivity contribution in [3.8, 4) is 0 Å². The molecule has 0 aromatic heterocycles. The molecule has 1 aliphatic rings. The SMILES string of the molecule is CN1c2ccccc2S(=O)(=O)c2ccccc21. The van der Waals surface area contributed by atoms with E-state index < -0.39 is 9.84 Å². The fraction of sp³-hybridized carbons (Fsp3) is 0.0769. The summed E-state index contributed by atoms with van der Waals surface area (Å²) in [6.45, 7) is 0. The molecule has 0 saturated carbocycles. The highest BCUT2D eigenvalue weighted by molar-refractivity contribution is 7.92. The number of benzene rings is 2. The van der Waals surface area contributed by atoms with Gasteiger partial charge in [0.2, 0.25) is 9.84 Å². The molecule has 0 amide bonds. The third-order valence-corrected chi connectivity index (χ3v) is 4.88. The van der Waals surface area contributed by atoms with E-state index in [9.17, 15) is 8.42 Å². The molecular formula is C13H11NO2S. The van der Waals surface area contributed by atoms with E-state index in [4.69, 9.17) is 0 Å². The fourth-order valence-electron chi connectivity index (χ4n) is 2.17. The standard InChI is InChI=1S/C13H11NO2S/c1-14-10-6-2-4-8-12(10)17(15,16)13-9-5-3-7-11(13)14/h2-9H,1H3. The predicted molar refractivity (Wildman–Crippen MR) is 66.4 cm³/mol. The predicted octanol–water partition coefficient (Wildman–Crippen LogP) is 2.60. The summed E-state index contributed by atoms with van der Waals surface area (Å²) in [5, 5.41) is 0. The van der Waals surface area contributed by atoms with Gasteiger partial charge < -0.3 is 4.90 Å². The summed E-state index contributed by atoms with van der Waals surface area (Å²) in [6.07, 6.45) is 0. The van der Waals surface area contributed by atoms with Gasteiger partial charge in [-0.25, -0.2) is 8.42 Å². The van der Waals surface area contributed by atoms with E-state index in [-0.39, 0.29) is 0 Å². The van der Waals surface area contributed by atoms with Gasteiger partial charge in [-0.2, -0.15) is 0 Å². The molecular weight excluding hydrogens is 234 g/mol. The molecule has 0 spiro atoms. The van der Waals surface area contributed by atoms with Crippen molar-refractivity contribution in [3.05, 3.63) is 48.5 Å². The highest BCUT2D eigenvalue weighted by Gasteiger charge is 2.31. The van der Waals surface area contributed by atoms with Crippen molar-refractivity contribution in [1.29, 1.82) is 0 Å². The Kier molecular flexibility index (Phi) is 2.03. The number of sulfone groups is 1. The Morgan fingerprint density at radius 3 is 1.71 bits per heavy atom. The van der Waals surface area contributed by atoms with E-state index in [0.717, 1.165) is 11.4 Å². The Morgan fingerprint density at radius 1 is 0.824 bits per heavy atom. The van der Waals surface area contributed by atoms with Crippen molar-refractivity contribution in [2.24, 2.45) is 0 Å². The normalized spacial score (nSPS) is 16.2. The van der Waals surface area contributed by atoms with Gasteiger partial charge in [0, 0.05) is 7.05 Å². The van der Waals surface area contributed by atoms with Crippen molar-refractivity contribution in [3.63, 3.8) is 0 Å². The molecule has 0 atom stereocenters. The van der Waals surface area contributed by atoms with Crippen LogP contribution in [0.3, 0.4) is 0 Å². The summed E-state index contributed by atoms with van der Waals surface area (Å²) in [4.78, 5) is 2.66. The Bertz CT molecular complexity index is 639. The van der Waals surface area contributed by atoms with Gasteiger partial charge in [-0.3, -0.25) is 0 Å². The van der Waals surface area contributed by atoms with Gasteiger partial charge in [0.15, 0.2) is 0 Å². The molecule has 86 valence electrons. The van der Waals surface area contributed by atoms with Crippen LogP contribution in [0.15, 0.2) is 58.3 Å². The topological polar surface area (TPSA) is 37.4 Å². The number of hydrogen-bond acceptors (Lipinski definition) is 3. The summed E-state index contributed by atoms with van der Waals surface area (Å²) in [5.41, 5.74) is 1.46. The lowest BCUT2D eigenvalue weighted by Gasteiger charge is -2.29. The molecule has 1 heterocycles. The van der Waals surface area contributed by atoms with E-state index in [1.807, 2.05) is 36.2 Å². The first-order valence-electron chi connectivity index (χ1n) is 5.29. The second-order valence-corrected chi connectivity index (χ2v) is 5.88. The van der Waals surface area contributed by atoms with Crippen LogP contribution in [0.5, 0.6) is 0 Å². The Balaban J connectivity index is 2.42. The monoisotopic (exact) mass is 245 g/mol. The van der Waals surface area contributed by atoms with Crippen LogP contribution >= 0.6 is 0 Å². The van der Waals surface area contributed by atoms with Crippen molar-refractivity contribution in [2.45, 2.75) is 9.79 Å². The first-order chi connectivity index (χ1) is 8.12. The first-order valence-corrected chi connectivity index (χ1v) is 6.77. The third kappa shape index (κ3) is 1.31. The van der Waals surface area contributed by atoms with Crippen molar-refractivity contribution in [1.82, 2.24) is 0 Å². The molecule has 0 saturated heterocycles. The fourth-order valence-corrected chi connectivity index (χ4v) is 3.88. The van der Waals surface area contributed by atoms with Crippen LogP contribution in [0.4, 0.5) is 11.4 Å². The van der Waals surface area contributed by atoms with Crippen LogP contribution in [0.25, 0.3) is 0 Å². The van der Waals surface area contributed by atoms with Gasteiger partial charge in [-0.05, 0) is 24.3 Å². The van der Waals surface area contributed by atoms with Crippen molar-refractivity contribution < 1.29 is 8.42 Å². The van der Waals surface area contributed by atoms with Crippen LogP contribution in [0.1, 0.15) is 0 Å². The van der Waals surface area contributed by atoms with Crippen molar-refractivity contribution in [2.75, 3.05) is 11.9 Å². The zero-order valence-corrected chi connectivity index (χ0v) is 10.1. The maximum atomic E-state index is 12.4. The number of nitrogens with zero attached hydrogens (tertiary/aromatic N) is 1. The highest BCUT2D eigenvalue weighted by Crippen LogP contribution is 2.42. The molecule has 0 radical (unpaired) electrons. The highest BCUT2D eigenvalue weighted by atomic mass is 32.2. The van der Waals surface area contributed by atoms with E-state index >= 15 is 0 Å². The summed E-state index contributed by atoms with van der Waals surface area (Å²) >= 11 is 0. The quantitative estimate of drug-likeness (QED) is 0.716. The minimum Gasteiger partial charge on any atom is -0.342 e. The molecule has 3 rings (SSSR count). The lowest BCUT2D eigenvalue weighted by molar-refractivity contribution is 0.594. The number of fused-ring (bicyclic) bond motifs is 2. The minimum atomic E-state index is -3.38. The molecule has 4 heteroatoms. The number of anilines is 2. The van der Waals surface area contributed by atoms with Gasteiger partial charge in [0.1, 0.15) is 0 Å². The first kappa shape index (κ1) is 10.4. The van der Waals surface area contributed by atoms with Crippen LogP contribution in [-0.4, -0.2) is 15.5 Å². The molecule has 17 heavy (non-hydrogen) atoms. The smallest absolute Gasteiger partial charge is 0.210 e. The number of para-hydroxylation sites is 2. The van der Waals surface area contributed by atoms with E-state index in [1.165, 1.54) is 0 Å². The van der Waals surface area contributed by atoms with Crippen molar-refractivity contribution >= 4 is 21.2 Å². The second kappa shape index (κ2) is 3.34. The van der Waals surface area contributed by atoms with Crippen LogP contribution in [0.2, 0.25) is 0 Å². The average molecular weight is 245 g/mol. The lowest BCUT2D eigenvalue weighted by Crippen LogP contribution is -2.21. The van der Waals surface area contributed by atoms with E-state index in [1.54, 1.807) is 24.3 Å². The van der Waals surface area contributed by atoms with Crippen LogP contribution in [-0.2, 0) is 9.84 Å². The Morgan fingerprint density at radius 2 is 1.24 bits per heavy atom. The van der Waals surface area contributed by atoms with Gasteiger partial charge in [-0.1, -0.05) is 24.3 Å². The summed E-state index contributed by atoms with van der Waals surface area (Å²) < 4.78 is 24.8. The molecule has 2 aromatic rings. The summed E-state index contributed by atoms with van der Waals surface area (Å²) in [7, 11) is -1.49. The summed E-state index contributed by atoms with van der Waals surface area (Å²) in [5.74, 6) is 0. The Labute approximate surface area is 100 Å². The lowest BCUT2D eigenvalue weighted by atomic mass is 10.2. The van der Waals surface area contributed by atoms with Gasteiger partial charge in [-0.15, -0.1) is 0 Å². The molecule has 1 aliphatic heterocycles. The molecule has 0 bridgehead atoms. The van der Waals surface area contributed by atoms with E-state index in [0.29, 0.717) is 9.79 Å². The zero-order chi connectivity index (χ0) is 12.0. The number of rotatable bonds is 0.